The van der Waals surface area contributed by atoms with Crippen molar-refractivity contribution in [3.63, 3.8) is 0 Å². The summed E-state index contributed by atoms with van der Waals surface area (Å²) in [6.45, 7) is 10.0. The Kier molecular flexibility index (Phi) is 7.66. The van der Waals surface area contributed by atoms with E-state index in [-0.39, 0.29) is 12.6 Å². The molecule has 1 fully saturated rings. The number of aromatic nitrogens is 1. The predicted octanol–water partition coefficient (Wildman–Crippen LogP) is 2.33. The van der Waals surface area contributed by atoms with Crippen molar-refractivity contribution in [3.8, 4) is 0 Å². The molecule has 1 saturated heterocycles. The first-order chi connectivity index (χ1) is 12.3. The second-order valence-electron chi connectivity index (χ2n) is 6.21. The van der Waals surface area contributed by atoms with Gasteiger partial charge in [-0.2, -0.15) is 13.2 Å². The van der Waals surface area contributed by atoms with Gasteiger partial charge in [0.1, 0.15) is 5.01 Å². The molecule has 0 bridgehead atoms. The minimum Gasteiger partial charge on any atom is -0.379 e. The Morgan fingerprint density at radius 1 is 1.50 bits per heavy atom. The Morgan fingerprint density at radius 2 is 2.27 bits per heavy atom. The van der Waals surface area contributed by atoms with Gasteiger partial charge in [-0.15, -0.1) is 11.3 Å². The van der Waals surface area contributed by atoms with E-state index in [1.54, 1.807) is 0 Å². The molecule has 1 aromatic heterocycles. The third-order valence-corrected chi connectivity index (χ3v) is 4.94. The number of hydrogen-bond donors (Lipinski definition) is 2. The smallest absolute Gasteiger partial charge is 0.379 e. The van der Waals surface area contributed by atoms with Gasteiger partial charge in [-0.25, -0.2) is 9.98 Å². The highest BCUT2D eigenvalue weighted by Gasteiger charge is 2.33. The monoisotopic (exact) mass is 393 g/mol. The maximum Gasteiger partial charge on any atom is 0.434 e. The normalized spacial score (nSPS) is 20.8. The average Bonchev–Trinajstić information content (AvgIpc) is 3.07. The molecule has 0 spiro atoms. The fourth-order valence-corrected chi connectivity index (χ4v) is 3.48. The zero-order chi connectivity index (χ0) is 19.2. The molecular weight excluding hydrogens is 367 g/mol. The van der Waals surface area contributed by atoms with Gasteiger partial charge in [0.05, 0.1) is 19.8 Å². The maximum atomic E-state index is 12.6. The van der Waals surface area contributed by atoms with Crippen molar-refractivity contribution >= 4 is 17.3 Å². The van der Waals surface area contributed by atoms with E-state index >= 15 is 0 Å². The fourth-order valence-electron chi connectivity index (χ4n) is 2.76. The van der Waals surface area contributed by atoms with Crippen LogP contribution in [0.25, 0.3) is 0 Å². The standard InChI is InChI=1S/C16H26F3N5OS/c1-4-20-15(21-7-11(2)24-5-6-25-9-12(24)3)22-8-14-23-13(10-26-14)16(17,18)19/h10-12H,4-9H2,1-3H3,(H2,20,21,22). The molecule has 1 aliphatic rings. The number of morpholine rings is 1. The minimum absolute atomic E-state index is 0.110. The van der Waals surface area contributed by atoms with Crippen molar-refractivity contribution in [2.45, 2.75) is 45.6 Å². The maximum absolute atomic E-state index is 12.6. The number of aliphatic imine (C=N–C) groups is 1. The number of ether oxygens (including phenoxy) is 1. The van der Waals surface area contributed by atoms with Crippen LogP contribution in [0, 0.1) is 0 Å². The van der Waals surface area contributed by atoms with Crippen molar-refractivity contribution in [2.75, 3.05) is 32.8 Å². The summed E-state index contributed by atoms with van der Waals surface area (Å²) >= 11 is 0.968. The number of alkyl halides is 3. The Hall–Kier alpha value is -1.39. The Morgan fingerprint density at radius 3 is 2.88 bits per heavy atom. The number of nitrogens with one attached hydrogen (secondary N) is 2. The van der Waals surface area contributed by atoms with Crippen molar-refractivity contribution in [2.24, 2.45) is 4.99 Å². The lowest BCUT2D eigenvalue weighted by Crippen LogP contribution is -2.53. The number of hydrogen-bond acceptors (Lipinski definition) is 5. The Bertz CT molecular complexity index is 593. The third kappa shape index (κ3) is 6.10. The van der Waals surface area contributed by atoms with Gasteiger partial charge in [0, 0.05) is 37.1 Å². The summed E-state index contributed by atoms with van der Waals surface area (Å²) in [6, 6.07) is 0.644. The van der Waals surface area contributed by atoms with E-state index in [9.17, 15) is 13.2 Å². The van der Waals surface area contributed by atoms with Crippen LogP contribution in [-0.2, 0) is 17.5 Å². The predicted molar refractivity (Wildman–Crippen MR) is 96.4 cm³/mol. The average molecular weight is 393 g/mol. The summed E-state index contributed by atoms with van der Waals surface area (Å²) in [5.74, 6) is 0.573. The van der Waals surface area contributed by atoms with Gasteiger partial charge in [0.2, 0.25) is 0 Å². The molecule has 26 heavy (non-hydrogen) atoms. The molecule has 2 heterocycles. The van der Waals surface area contributed by atoms with E-state index in [2.05, 4.69) is 39.4 Å². The zero-order valence-electron chi connectivity index (χ0n) is 15.3. The zero-order valence-corrected chi connectivity index (χ0v) is 16.1. The molecule has 0 amide bonds. The van der Waals surface area contributed by atoms with Crippen LogP contribution in [0.2, 0.25) is 0 Å². The van der Waals surface area contributed by atoms with Crippen LogP contribution in [0.1, 0.15) is 31.5 Å². The van der Waals surface area contributed by atoms with E-state index < -0.39 is 11.9 Å². The van der Waals surface area contributed by atoms with Gasteiger partial charge in [0.25, 0.3) is 0 Å². The SMILES string of the molecule is CCNC(=NCc1nc(C(F)(F)F)cs1)NCC(C)N1CCOCC1C. The van der Waals surface area contributed by atoms with Crippen LogP contribution in [0.3, 0.4) is 0 Å². The second kappa shape index (κ2) is 9.52. The first kappa shape index (κ1) is 20.9. The third-order valence-electron chi connectivity index (χ3n) is 4.11. The highest BCUT2D eigenvalue weighted by atomic mass is 32.1. The first-order valence-electron chi connectivity index (χ1n) is 8.68. The molecule has 0 saturated carbocycles. The summed E-state index contributed by atoms with van der Waals surface area (Å²) < 4.78 is 43.3. The Labute approximate surface area is 155 Å². The Balaban J connectivity index is 1.90. The van der Waals surface area contributed by atoms with Crippen molar-refractivity contribution in [1.82, 2.24) is 20.5 Å². The highest BCUT2D eigenvalue weighted by Crippen LogP contribution is 2.30. The van der Waals surface area contributed by atoms with E-state index in [1.165, 1.54) is 0 Å². The van der Waals surface area contributed by atoms with Crippen molar-refractivity contribution in [1.29, 1.82) is 0 Å². The van der Waals surface area contributed by atoms with Crippen molar-refractivity contribution < 1.29 is 17.9 Å². The quantitative estimate of drug-likeness (QED) is 0.574. The molecule has 2 atom stereocenters. The second-order valence-corrected chi connectivity index (χ2v) is 7.15. The molecule has 0 aromatic carbocycles. The largest absolute Gasteiger partial charge is 0.434 e. The van der Waals surface area contributed by atoms with Crippen molar-refractivity contribution in [3.05, 3.63) is 16.1 Å². The molecule has 1 aliphatic heterocycles. The number of halogens is 3. The van der Waals surface area contributed by atoms with Crippen LogP contribution >= 0.6 is 11.3 Å². The number of rotatable bonds is 6. The van der Waals surface area contributed by atoms with Crippen LogP contribution in [0.4, 0.5) is 13.2 Å². The van der Waals surface area contributed by atoms with Crippen LogP contribution in [0.5, 0.6) is 0 Å². The molecule has 2 N–H and O–H groups in total. The molecule has 148 valence electrons. The molecule has 2 unspecified atom stereocenters. The number of guanidine groups is 1. The van der Waals surface area contributed by atoms with Gasteiger partial charge in [-0.05, 0) is 20.8 Å². The number of nitrogens with zero attached hydrogens (tertiary/aromatic N) is 3. The fraction of sp³-hybridized carbons (Fsp3) is 0.750. The lowest BCUT2D eigenvalue weighted by molar-refractivity contribution is -0.140. The summed E-state index contributed by atoms with van der Waals surface area (Å²) in [6.07, 6.45) is -4.41. The summed E-state index contributed by atoms with van der Waals surface area (Å²) in [5.41, 5.74) is -0.861. The first-order valence-corrected chi connectivity index (χ1v) is 9.56. The molecule has 10 heteroatoms. The molecule has 1 aromatic rings. The van der Waals surface area contributed by atoms with E-state index in [1.807, 2.05) is 6.92 Å². The van der Waals surface area contributed by atoms with Crippen LogP contribution in [0.15, 0.2) is 10.4 Å². The van der Waals surface area contributed by atoms with Gasteiger partial charge < -0.3 is 15.4 Å². The van der Waals surface area contributed by atoms with E-state index in [4.69, 9.17) is 4.74 Å². The summed E-state index contributed by atoms with van der Waals surface area (Å²) in [7, 11) is 0. The molecular formula is C16H26F3N5OS. The van der Waals surface area contributed by atoms with Crippen LogP contribution in [-0.4, -0.2) is 60.8 Å². The molecule has 2 rings (SSSR count). The molecule has 6 nitrogen and oxygen atoms in total. The highest BCUT2D eigenvalue weighted by molar-refractivity contribution is 7.09. The van der Waals surface area contributed by atoms with E-state index in [0.29, 0.717) is 30.1 Å². The van der Waals surface area contributed by atoms with E-state index in [0.717, 1.165) is 36.5 Å². The molecule has 0 aliphatic carbocycles. The van der Waals surface area contributed by atoms with Gasteiger partial charge >= 0.3 is 6.18 Å². The minimum atomic E-state index is -4.41. The lowest BCUT2D eigenvalue weighted by atomic mass is 10.2. The topological polar surface area (TPSA) is 61.8 Å². The lowest BCUT2D eigenvalue weighted by Gasteiger charge is -2.38. The van der Waals surface area contributed by atoms with Crippen LogP contribution < -0.4 is 10.6 Å². The summed E-state index contributed by atoms with van der Waals surface area (Å²) in [4.78, 5) is 10.3. The summed E-state index contributed by atoms with van der Waals surface area (Å²) in [5, 5.41) is 7.72. The van der Waals surface area contributed by atoms with Gasteiger partial charge in [-0.3, -0.25) is 4.90 Å². The van der Waals surface area contributed by atoms with Gasteiger partial charge in [-0.1, -0.05) is 0 Å². The van der Waals surface area contributed by atoms with Gasteiger partial charge in [0.15, 0.2) is 11.7 Å². The number of thiazole rings is 1. The molecule has 0 radical (unpaired) electrons.